The van der Waals surface area contributed by atoms with Crippen LogP contribution in [0.1, 0.15) is 56.4 Å². The van der Waals surface area contributed by atoms with Gasteiger partial charge in [0.25, 0.3) is 0 Å². The molecule has 11 nitrogen and oxygen atoms in total. The van der Waals surface area contributed by atoms with Gasteiger partial charge in [0.2, 0.25) is 21.8 Å². The molecule has 2 amide bonds. The molecule has 1 aromatic heterocycles. The highest BCUT2D eigenvalue weighted by Gasteiger charge is 2.41. The Hall–Kier alpha value is -3.51. The summed E-state index contributed by atoms with van der Waals surface area (Å²) in [6.45, 7) is 4.59. The van der Waals surface area contributed by atoms with E-state index < -0.39 is 33.9 Å². The minimum atomic E-state index is -3.71. The number of aromatic nitrogens is 1. The molecule has 42 heavy (non-hydrogen) atoms. The first-order valence-electron chi connectivity index (χ1n) is 14.8. The zero-order valence-corrected chi connectivity index (χ0v) is 25.2. The number of rotatable bonds is 14. The van der Waals surface area contributed by atoms with Crippen molar-refractivity contribution in [2.24, 2.45) is 5.92 Å². The molecule has 0 aliphatic carbocycles. The zero-order valence-electron chi connectivity index (χ0n) is 24.4. The molecular formula is C30H41N5O6S. The number of unbranched alkanes of at least 4 members (excludes halogenated alkanes) is 1. The Labute approximate surface area is 247 Å². The van der Waals surface area contributed by atoms with Crippen molar-refractivity contribution < 1.29 is 27.5 Å². The summed E-state index contributed by atoms with van der Waals surface area (Å²) in [4.78, 5) is 42.7. The number of pyridine rings is 1. The predicted molar refractivity (Wildman–Crippen MR) is 158 cm³/mol. The molecule has 1 fully saturated rings. The van der Waals surface area contributed by atoms with Crippen molar-refractivity contribution in [1.82, 2.24) is 19.9 Å². The third-order valence-electron chi connectivity index (χ3n) is 7.59. The van der Waals surface area contributed by atoms with Crippen molar-refractivity contribution in [3.63, 3.8) is 0 Å². The lowest BCUT2D eigenvalue weighted by molar-refractivity contribution is -0.148. The van der Waals surface area contributed by atoms with Crippen LogP contribution in [-0.2, 0) is 48.4 Å². The summed E-state index contributed by atoms with van der Waals surface area (Å²) in [5.74, 6) is -0.980. The Kier molecular flexibility index (Phi) is 10.9. The number of anilines is 1. The van der Waals surface area contributed by atoms with Gasteiger partial charge in [0, 0.05) is 38.3 Å². The van der Waals surface area contributed by atoms with Gasteiger partial charge >= 0.3 is 5.97 Å². The summed E-state index contributed by atoms with van der Waals surface area (Å²) in [7, 11) is -3.71. The molecule has 0 saturated carbocycles. The lowest BCUT2D eigenvalue weighted by atomic mass is 10.0. The smallest absolute Gasteiger partial charge is 0.330 e. The molecule has 2 aromatic rings. The number of sulfonamides is 1. The van der Waals surface area contributed by atoms with Crippen LogP contribution < -0.4 is 16.0 Å². The fraction of sp³-hybridized carbons (Fsp3) is 0.533. The van der Waals surface area contributed by atoms with Crippen LogP contribution in [0.3, 0.4) is 0 Å². The molecule has 1 saturated heterocycles. The first kappa shape index (κ1) is 31.4. The Balaban J connectivity index is 1.21. The second kappa shape index (κ2) is 14.6. The number of fused-ring (bicyclic) bond motifs is 1. The van der Waals surface area contributed by atoms with Gasteiger partial charge in [-0.2, -0.15) is 4.31 Å². The summed E-state index contributed by atoms with van der Waals surface area (Å²) in [6.07, 6.45) is 5.36. The monoisotopic (exact) mass is 599 g/mol. The number of benzene rings is 1. The number of ether oxygens (including phenoxy) is 1. The molecule has 1 unspecified atom stereocenters. The van der Waals surface area contributed by atoms with Crippen molar-refractivity contribution in [2.45, 2.75) is 69.7 Å². The van der Waals surface area contributed by atoms with E-state index in [1.165, 1.54) is 9.87 Å². The number of nitrogens with zero attached hydrogens (tertiary/aromatic N) is 2. The average molecular weight is 600 g/mol. The molecule has 0 spiro atoms. The van der Waals surface area contributed by atoms with E-state index in [2.05, 4.69) is 27.0 Å². The molecule has 228 valence electrons. The molecule has 2 aliphatic heterocycles. The first-order valence-corrected chi connectivity index (χ1v) is 16.2. The first-order chi connectivity index (χ1) is 20.2. The van der Waals surface area contributed by atoms with Crippen LogP contribution in [0.2, 0.25) is 0 Å². The second-order valence-corrected chi connectivity index (χ2v) is 12.6. The topological polar surface area (TPSA) is 147 Å². The fourth-order valence-corrected chi connectivity index (χ4v) is 6.61. The number of esters is 1. The maximum Gasteiger partial charge on any atom is 0.330 e. The molecule has 3 N–H and O–H groups in total. The number of nitrogens with one attached hydrogen (secondary N) is 3. The molecule has 0 radical (unpaired) electrons. The lowest BCUT2D eigenvalue weighted by Gasteiger charge is -2.37. The van der Waals surface area contributed by atoms with Crippen molar-refractivity contribution in [1.29, 1.82) is 0 Å². The van der Waals surface area contributed by atoms with Gasteiger partial charge < -0.3 is 20.7 Å². The third kappa shape index (κ3) is 8.07. The minimum Gasteiger partial charge on any atom is -0.464 e. The summed E-state index contributed by atoms with van der Waals surface area (Å²) < 4.78 is 32.3. The van der Waals surface area contributed by atoms with E-state index in [9.17, 15) is 22.8 Å². The number of hydrogen-bond acceptors (Lipinski definition) is 8. The summed E-state index contributed by atoms with van der Waals surface area (Å²) in [5.41, 5.74) is 3.14. The highest BCUT2D eigenvalue weighted by Crippen LogP contribution is 2.26. The van der Waals surface area contributed by atoms with Crippen LogP contribution in [0.5, 0.6) is 0 Å². The largest absolute Gasteiger partial charge is 0.464 e. The van der Waals surface area contributed by atoms with Gasteiger partial charge in [-0.15, -0.1) is 0 Å². The van der Waals surface area contributed by atoms with Crippen LogP contribution >= 0.6 is 0 Å². The van der Waals surface area contributed by atoms with E-state index in [0.29, 0.717) is 12.8 Å². The normalized spacial score (nSPS) is 16.0. The van der Waals surface area contributed by atoms with Crippen LogP contribution in [0.4, 0.5) is 5.82 Å². The van der Waals surface area contributed by atoms with E-state index >= 15 is 0 Å². The summed E-state index contributed by atoms with van der Waals surface area (Å²) in [5, 5.41) is 8.69. The Morgan fingerprint density at radius 1 is 1.14 bits per heavy atom. The minimum absolute atomic E-state index is 0.0154. The number of hydrogen-bond donors (Lipinski definition) is 3. The van der Waals surface area contributed by atoms with Gasteiger partial charge in [0.1, 0.15) is 11.9 Å². The molecule has 12 heteroatoms. The molecule has 1 atom stereocenters. The van der Waals surface area contributed by atoms with Crippen molar-refractivity contribution in [3.05, 3.63) is 53.2 Å². The van der Waals surface area contributed by atoms with Crippen molar-refractivity contribution in [3.8, 4) is 0 Å². The maximum absolute atomic E-state index is 13.0. The molecule has 1 aromatic carbocycles. The van der Waals surface area contributed by atoms with Crippen LogP contribution in [0, 0.1) is 5.92 Å². The fourth-order valence-electron chi connectivity index (χ4n) is 5.00. The van der Waals surface area contributed by atoms with Crippen LogP contribution in [0.25, 0.3) is 0 Å². The van der Waals surface area contributed by atoms with Crippen molar-refractivity contribution >= 4 is 33.6 Å². The van der Waals surface area contributed by atoms with Gasteiger partial charge in [-0.05, 0) is 74.8 Å². The van der Waals surface area contributed by atoms with E-state index in [4.69, 9.17) is 4.74 Å². The van der Waals surface area contributed by atoms with E-state index in [1.807, 2.05) is 19.1 Å². The van der Waals surface area contributed by atoms with Crippen molar-refractivity contribution in [2.75, 3.05) is 38.1 Å². The van der Waals surface area contributed by atoms with Crippen LogP contribution in [0.15, 0.2) is 41.3 Å². The highest BCUT2D eigenvalue weighted by atomic mass is 32.2. The molecule has 4 rings (SSSR count). The van der Waals surface area contributed by atoms with Gasteiger partial charge in [0.15, 0.2) is 0 Å². The number of carbonyl (C=O) groups is 3. The summed E-state index contributed by atoms with van der Waals surface area (Å²) >= 11 is 0. The van der Waals surface area contributed by atoms with Gasteiger partial charge in [0.05, 0.1) is 17.4 Å². The zero-order chi connectivity index (χ0) is 30.1. The third-order valence-corrected chi connectivity index (χ3v) is 9.42. The number of carbonyl (C=O) groups excluding carboxylic acids is 3. The number of aryl methyl sites for hydroxylation is 3. The average Bonchev–Trinajstić information content (AvgIpc) is 2.96. The molecule has 2 aliphatic rings. The molecular weight excluding hydrogens is 558 g/mol. The Morgan fingerprint density at radius 2 is 1.95 bits per heavy atom. The van der Waals surface area contributed by atoms with E-state index in [1.54, 1.807) is 25.1 Å². The van der Waals surface area contributed by atoms with Crippen LogP contribution in [-0.4, -0.2) is 74.3 Å². The Morgan fingerprint density at radius 3 is 2.71 bits per heavy atom. The predicted octanol–water partition coefficient (Wildman–Crippen LogP) is 2.20. The molecule has 3 heterocycles. The van der Waals surface area contributed by atoms with Gasteiger partial charge in [-0.25, -0.2) is 18.2 Å². The molecule has 0 bridgehead atoms. The second-order valence-electron chi connectivity index (χ2n) is 10.7. The Bertz CT molecular complexity index is 1380. The van der Waals surface area contributed by atoms with E-state index in [0.717, 1.165) is 49.3 Å². The SMILES string of the molecule is CCOC(=O)C(CNC(=O)CCCCc1ccc2c(n1)NCCC2)NC(=O)C1CN(S(=O)(=O)c2cccc(CC)c2)C1. The quantitative estimate of drug-likeness (QED) is 0.221. The van der Waals surface area contributed by atoms with Gasteiger partial charge in [-0.3, -0.25) is 9.59 Å². The highest BCUT2D eigenvalue weighted by molar-refractivity contribution is 7.89. The number of amides is 2. The van der Waals surface area contributed by atoms with E-state index in [-0.39, 0.29) is 43.5 Å². The lowest BCUT2D eigenvalue weighted by Crippen LogP contribution is -2.59. The standard InChI is InChI=1S/C30H41N5O6S/c1-3-21-9-7-12-25(17-21)42(39,40)35-19-23(20-35)29(37)34-26(30(38)41-4-2)18-32-27(36)13-6-5-11-24-15-14-22-10-8-16-31-28(22)33-24/h7,9,12,14-15,17,23,26H,3-6,8,10-11,13,16,18-20H2,1-2H3,(H,31,33)(H,32,36)(H,34,37). The van der Waals surface area contributed by atoms with Gasteiger partial charge in [-0.1, -0.05) is 25.1 Å². The summed E-state index contributed by atoms with van der Waals surface area (Å²) in [6, 6.07) is 9.85. The maximum atomic E-state index is 13.0.